The number of amides is 2. The third-order valence-electron chi connectivity index (χ3n) is 6.38. The van der Waals surface area contributed by atoms with Crippen LogP contribution in [0.1, 0.15) is 58.9 Å². The molecule has 242 valence electrons. The maximum Gasteiger partial charge on any atom is 0.490 e. The molecule has 0 bridgehead atoms. The summed E-state index contributed by atoms with van der Waals surface area (Å²) in [6.45, 7) is 7.43. The molecule has 0 heterocycles. The van der Waals surface area contributed by atoms with Gasteiger partial charge in [-0.15, -0.1) is 0 Å². The molecule has 9 N–H and O–H groups in total. The number of benzene rings is 1. The molecule has 1 aromatic carbocycles. The Labute approximate surface area is 247 Å². The van der Waals surface area contributed by atoms with Crippen LogP contribution in [0.4, 0.5) is 13.2 Å². The zero-order chi connectivity index (χ0) is 33.5. The van der Waals surface area contributed by atoms with Gasteiger partial charge in [0.2, 0.25) is 11.8 Å². The zero-order valence-corrected chi connectivity index (χ0v) is 24.4. The summed E-state index contributed by atoms with van der Waals surface area (Å²) in [6.07, 6.45) is -2.03. The summed E-state index contributed by atoms with van der Waals surface area (Å²) < 4.78 is 31.7. The molecular formula is C28H41F3N4O8. The fourth-order valence-corrected chi connectivity index (χ4v) is 4.73. The van der Waals surface area contributed by atoms with Crippen LogP contribution in [-0.4, -0.2) is 57.2 Å². The number of nitrogens with two attached hydrogens (primary N) is 2. The van der Waals surface area contributed by atoms with Gasteiger partial charge in [-0.3, -0.25) is 29.8 Å². The van der Waals surface area contributed by atoms with Crippen LogP contribution in [0.3, 0.4) is 0 Å². The average Bonchev–Trinajstić information content (AvgIpc) is 2.92. The van der Waals surface area contributed by atoms with Crippen molar-refractivity contribution in [1.82, 2.24) is 10.9 Å². The van der Waals surface area contributed by atoms with E-state index in [0.29, 0.717) is 0 Å². The lowest BCUT2D eigenvalue weighted by Crippen LogP contribution is -2.56. The van der Waals surface area contributed by atoms with Crippen LogP contribution in [0.25, 0.3) is 6.08 Å². The Morgan fingerprint density at radius 3 is 1.88 bits per heavy atom. The highest BCUT2D eigenvalue weighted by atomic mass is 19.4. The second-order valence-electron chi connectivity index (χ2n) is 10.8. The number of ketones is 1. The number of hydrogen-bond donors (Lipinski definition) is 7. The molecule has 43 heavy (non-hydrogen) atoms. The molecule has 0 fully saturated rings. The second kappa shape index (κ2) is 18.0. The van der Waals surface area contributed by atoms with E-state index >= 15 is 0 Å². The maximum absolute atomic E-state index is 14.1. The fraction of sp³-hybridized carbons (Fsp3) is 0.536. The van der Waals surface area contributed by atoms with Crippen LogP contribution < -0.4 is 22.5 Å². The minimum Gasteiger partial charge on any atom is -0.481 e. The molecule has 0 spiro atoms. The van der Waals surface area contributed by atoms with Crippen molar-refractivity contribution < 1.29 is 52.6 Å². The first-order valence-electron chi connectivity index (χ1n) is 13.3. The van der Waals surface area contributed by atoms with E-state index in [1.54, 1.807) is 17.6 Å². The first-order chi connectivity index (χ1) is 19.8. The van der Waals surface area contributed by atoms with E-state index in [1.807, 2.05) is 58.0 Å². The van der Waals surface area contributed by atoms with Crippen LogP contribution in [0.2, 0.25) is 0 Å². The normalized spacial score (nSPS) is 15.1. The van der Waals surface area contributed by atoms with Gasteiger partial charge in [-0.25, -0.2) is 16.1 Å². The summed E-state index contributed by atoms with van der Waals surface area (Å²) in [5.41, 5.74) is 9.04. The Hall–Kier alpha value is -3.82. The number of rotatable bonds is 15. The van der Waals surface area contributed by atoms with Crippen molar-refractivity contribution in [2.45, 2.75) is 65.6 Å². The number of carboxylic acid groups (broad SMARTS) is 2. The van der Waals surface area contributed by atoms with Gasteiger partial charge < -0.3 is 15.9 Å². The molecule has 15 heteroatoms. The quantitative estimate of drug-likeness (QED) is 0.0659. The minimum atomic E-state index is -5.08. The summed E-state index contributed by atoms with van der Waals surface area (Å²) >= 11 is 0. The first-order valence-corrected chi connectivity index (χ1v) is 13.3. The van der Waals surface area contributed by atoms with Gasteiger partial charge in [0.05, 0.1) is 23.3 Å². The van der Waals surface area contributed by atoms with E-state index in [1.165, 1.54) is 0 Å². The van der Waals surface area contributed by atoms with Crippen molar-refractivity contribution in [2.75, 3.05) is 0 Å². The number of carbonyl (C=O) groups is 5. The van der Waals surface area contributed by atoms with E-state index in [-0.39, 0.29) is 37.5 Å². The van der Waals surface area contributed by atoms with E-state index in [4.69, 9.17) is 26.6 Å². The lowest BCUT2D eigenvalue weighted by Gasteiger charge is -2.42. The van der Waals surface area contributed by atoms with Crippen molar-refractivity contribution in [3.63, 3.8) is 0 Å². The molecule has 12 nitrogen and oxygen atoms in total. The molecule has 4 atom stereocenters. The van der Waals surface area contributed by atoms with E-state index in [9.17, 15) is 37.6 Å². The van der Waals surface area contributed by atoms with Gasteiger partial charge in [0, 0.05) is 6.42 Å². The predicted molar refractivity (Wildman–Crippen MR) is 150 cm³/mol. The Kier molecular flexibility index (Phi) is 16.4. The van der Waals surface area contributed by atoms with Crippen molar-refractivity contribution in [3.05, 3.63) is 42.0 Å². The number of halogens is 3. The smallest absolute Gasteiger partial charge is 0.481 e. The van der Waals surface area contributed by atoms with Crippen LogP contribution in [0, 0.1) is 29.1 Å². The van der Waals surface area contributed by atoms with Gasteiger partial charge >= 0.3 is 18.1 Å². The summed E-state index contributed by atoms with van der Waals surface area (Å²) in [5.74, 6) is -3.25. The topological polar surface area (TPSA) is 222 Å². The largest absolute Gasteiger partial charge is 0.490 e. The van der Waals surface area contributed by atoms with Crippen molar-refractivity contribution >= 4 is 35.6 Å². The molecule has 2 amide bonds. The standard InChI is InChI=1S/C26H40N4O6.C2HF3O2/c1-16(2)14-19(24(34)29-28)22(25(35)30-36)26(15-17(3)4,13-12-18-8-6-5-7-9-18)23(33)20(27)10-11-21(31)32;3-2(4,5)1(6)7/h5-9,12-13,16-17,19-20,22,36H,10-11,14-15,27-28H2,1-4H3,(H,29,34)(H,30,35)(H,31,32);(H,6,7)/b13-12+;/t19-,20-,22-,26?;/m1./s1. The molecule has 0 aromatic heterocycles. The number of Topliss-reactive ketones (excluding diaryl/α,β-unsaturated/α-hetero) is 1. The second-order valence-corrected chi connectivity index (χ2v) is 10.8. The molecule has 0 saturated carbocycles. The van der Waals surface area contributed by atoms with Gasteiger partial charge in [-0.2, -0.15) is 13.2 Å². The molecule has 1 aromatic rings. The first kappa shape index (κ1) is 39.2. The Morgan fingerprint density at radius 2 is 1.49 bits per heavy atom. The zero-order valence-electron chi connectivity index (χ0n) is 24.4. The number of alkyl halides is 3. The molecule has 0 aliphatic rings. The molecule has 0 radical (unpaired) electrons. The third-order valence-corrected chi connectivity index (χ3v) is 6.38. The van der Waals surface area contributed by atoms with E-state index in [0.717, 1.165) is 5.56 Å². The Morgan fingerprint density at radius 1 is 0.953 bits per heavy atom. The molecular weight excluding hydrogens is 577 g/mol. The molecule has 1 unspecified atom stereocenters. The van der Waals surface area contributed by atoms with Crippen LogP contribution >= 0.6 is 0 Å². The van der Waals surface area contributed by atoms with Gasteiger partial charge in [0.15, 0.2) is 5.78 Å². The van der Waals surface area contributed by atoms with Gasteiger partial charge in [0.25, 0.3) is 0 Å². The fourth-order valence-electron chi connectivity index (χ4n) is 4.73. The lowest BCUT2D eigenvalue weighted by molar-refractivity contribution is -0.192. The average molecular weight is 619 g/mol. The number of allylic oxidation sites excluding steroid dienone is 1. The van der Waals surface area contributed by atoms with E-state index < -0.39 is 59.0 Å². The maximum atomic E-state index is 14.1. The van der Waals surface area contributed by atoms with Crippen molar-refractivity contribution in [2.24, 2.45) is 40.7 Å². The SMILES string of the molecule is CC(C)C[C@@H](C(=O)NN)[C@H](C(=O)NO)C(/C=C/c1ccccc1)(CC(C)C)C(=O)[C@H](N)CCC(=O)O.O=C(O)C(F)(F)F. The van der Waals surface area contributed by atoms with Gasteiger partial charge in [-0.1, -0.05) is 70.2 Å². The van der Waals surface area contributed by atoms with Gasteiger partial charge in [-0.05, 0) is 36.7 Å². The number of hydroxylamine groups is 1. The highest BCUT2D eigenvalue weighted by Crippen LogP contribution is 2.45. The van der Waals surface area contributed by atoms with Crippen LogP contribution in [-0.2, 0) is 24.0 Å². The Bertz CT molecular complexity index is 1110. The monoisotopic (exact) mass is 618 g/mol. The molecule has 0 aliphatic heterocycles. The number of carbonyl (C=O) groups excluding carboxylic acids is 3. The van der Waals surface area contributed by atoms with Crippen LogP contribution in [0.5, 0.6) is 0 Å². The number of aliphatic carboxylic acids is 2. The molecule has 0 saturated heterocycles. The highest BCUT2D eigenvalue weighted by molar-refractivity contribution is 5.99. The van der Waals surface area contributed by atoms with Gasteiger partial charge in [0.1, 0.15) is 0 Å². The van der Waals surface area contributed by atoms with Crippen LogP contribution in [0.15, 0.2) is 36.4 Å². The number of hydrazine groups is 1. The highest BCUT2D eigenvalue weighted by Gasteiger charge is 2.53. The lowest BCUT2D eigenvalue weighted by atomic mass is 9.59. The summed E-state index contributed by atoms with van der Waals surface area (Å²) in [6, 6.07) is 7.85. The summed E-state index contributed by atoms with van der Waals surface area (Å²) in [5, 5.41) is 26.0. The van der Waals surface area contributed by atoms with Crippen molar-refractivity contribution in [3.8, 4) is 0 Å². The van der Waals surface area contributed by atoms with E-state index in [2.05, 4.69) is 5.43 Å². The minimum absolute atomic E-state index is 0.0630. The predicted octanol–water partition coefficient (Wildman–Crippen LogP) is 2.90. The third kappa shape index (κ3) is 12.9. The number of nitrogens with one attached hydrogen (secondary N) is 2. The molecule has 0 aliphatic carbocycles. The number of carboxylic acids is 2. The molecule has 1 rings (SSSR count). The summed E-state index contributed by atoms with van der Waals surface area (Å²) in [4.78, 5) is 60.4. The Balaban J connectivity index is 0.00000223. The summed E-state index contributed by atoms with van der Waals surface area (Å²) in [7, 11) is 0. The van der Waals surface area contributed by atoms with Crippen molar-refractivity contribution in [1.29, 1.82) is 0 Å². The number of hydrogen-bond acceptors (Lipinski definition) is 8.